The van der Waals surface area contributed by atoms with Crippen molar-refractivity contribution in [1.82, 2.24) is 25.5 Å². The molecule has 1 aromatic heterocycles. The van der Waals surface area contributed by atoms with Crippen molar-refractivity contribution < 1.29 is 9.59 Å². The Hall–Kier alpha value is -2.77. The second kappa shape index (κ2) is 6.33. The monoisotopic (exact) mass is 302 g/mol. The largest absolute Gasteiger partial charge is 0.347 e. The summed E-state index contributed by atoms with van der Waals surface area (Å²) in [5, 5.41) is 16.2. The molecule has 8 nitrogen and oxygen atoms in total. The highest BCUT2D eigenvalue weighted by molar-refractivity contribution is 5.95. The second-order valence-electron chi connectivity index (χ2n) is 5.79. The van der Waals surface area contributed by atoms with Crippen LogP contribution in [0.3, 0.4) is 0 Å². The average molecular weight is 302 g/mol. The lowest BCUT2D eigenvalue weighted by atomic mass is 9.96. The average Bonchev–Trinajstić information content (AvgIpc) is 2.98. The number of carbonyl (C=O) groups excluding carboxylic acids is 2. The maximum atomic E-state index is 11.9. The molecule has 0 aliphatic rings. The van der Waals surface area contributed by atoms with E-state index in [2.05, 4.69) is 26.2 Å². The van der Waals surface area contributed by atoms with E-state index in [1.54, 1.807) is 39.0 Å². The smallest absolute Gasteiger partial charge is 0.243 e. The Balaban J connectivity index is 1.95. The van der Waals surface area contributed by atoms with Gasteiger partial charge in [0.2, 0.25) is 11.8 Å². The lowest BCUT2D eigenvalue weighted by Crippen LogP contribution is -2.39. The number of nitrogens with one attached hydrogen (secondary N) is 2. The highest BCUT2D eigenvalue weighted by Crippen LogP contribution is 2.14. The summed E-state index contributed by atoms with van der Waals surface area (Å²) in [7, 11) is 0. The van der Waals surface area contributed by atoms with E-state index in [-0.39, 0.29) is 18.4 Å². The number of benzene rings is 1. The summed E-state index contributed by atoms with van der Waals surface area (Å²) in [4.78, 5) is 23.6. The molecule has 1 aromatic carbocycles. The minimum Gasteiger partial charge on any atom is -0.347 e. The topological polar surface area (TPSA) is 102 Å². The molecule has 2 rings (SSSR count). The highest BCUT2D eigenvalue weighted by atomic mass is 16.2. The van der Waals surface area contributed by atoms with Gasteiger partial charge in [0.25, 0.3) is 0 Å². The van der Waals surface area contributed by atoms with Crippen molar-refractivity contribution in [2.24, 2.45) is 5.41 Å². The van der Waals surface area contributed by atoms with Crippen LogP contribution in [-0.4, -0.2) is 38.6 Å². The van der Waals surface area contributed by atoms with Gasteiger partial charge in [-0.2, -0.15) is 0 Å². The molecule has 0 spiro atoms. The molecule has 0 fully saturated rings. The van der Waals surface area contributed by atoms with E-state index >= 15 is 0 Å². The lowest BCUT2D eigenvalue weighted by Gasteiger charge is -2.17. The number of nitrogens with zero attached hydrogens (tertiary/aromatic N) is 4. The minimum atomic E-state index is -0.527. The molecule has 0 saturated carbocycles. The molecule has 1 heterocycles. The third-order valence-corrected chi connectivity index (χ3v) is 2.83. The van der Waals surface area contributed by atoms with Crippen LogP contribution in [0.25, 0.3) is 5.69 Å². The summed E-state index contributed by atoms with van der Waals surface area (Å²) in [5.41, 5.74) is 0.796. The molecular formula is C14H18N6O2. The molecule has 116 valence electrons. The molecule has 0 saturated heterocycles. The van der Waals surface area contributed by atoms with Crippen molar-refractivity contribution in [2.75, 3.05) is 11.9 Å². The Bertz CT molecular complexity index is 660. The first kappa shape index (κ1) is 15.6. The minimum absolute atomic E-state index is 0.0782. The summed E-state index contributed by atoms with van der Waals surface area (Å²) in [6, 6.07) is 7.07. The Morgan fingerprint density at radius 3 is 2.68 bits per heavy atom. The van der Waals surface area contributed by atoms with Crippen LogP contribution in [0, 0.1) is 5.41 Å². The normalized spacial score (nSPS) is 11.0. The maximum absolute atomic E-state index is 11.9. The number of tetrazole rings is 1. The molecule has 2 amide bonds. The first-order chi connectivity index (χ1) is 10.4. The second-order valence-corrected chi connectivity index (χ2v) is 5.79. The Labute approximate surface area is 127 Å². The fourth-order valence-electron chi connectivity index (χ4n) is 1.64. The molecule has 2 N–H and O–H groups in total. The molecule has 2 aromatic rings. The van der Waals surface area contributed by atoms with Gasteiger partial charge in [-0.15, -0.1) is 5.10 Å². The van der Waals surface area contributed by atoms with Crippen LogP contribution in [0.15, 0.2) is 30.6 Å². The lowest BCUT2D eigenvalue weighted by molar-refractivity contribution is -0.130. The fourth-order valence-corrected chi connectivity index (χ4v) is 1.64. The highest BCUT2D eigenvalue weighted by Gasteiger charge is 2.21. The quantitative estimate of drug-likeness (QED) is 0.868. The maximum Gasteiger partial charge on any atom is 0.243 e. The molecular weight excluding hydrogens is 284 g/mol. The number of hydrogen-bond donors (Lipinski definition) is 2. The van der Waals surface area contributed by atoms with E-state index in [9.17, 15) is 9.59 Å². The Kier molecular flexibility index (Phi) is 4.50. The Morgan fingerprint density at radius 2 is 2.05 bits per heavy atom. The molecule has 0 radical (unpaired) electrons. The van der Waals surface area contributed by atoms with Gasteiger partial charge in [0.05, 0.1) is 12.2 Å². The van der Waals surface area contributed by atoms with Gasteiger partial charge < -0.3 is 10.6 Å². The fraction of sp³-hybridized carbons (Fsp3) is 0.357. The van der Waals surface area contributed by atoms with E-state index in [0.29, 0.717) is 5.69 Å². The first-order valence-electron chi connectivity index (χ1n) is 6.78. The van der Waals surface area contributed by atoms with E-state index in [1.165, 1.54) is 11.0 Å². The van der Waals surface area contributed by atoms with Crippen LogP contribution >= 0.6 is 0 Å². The zero-order valence-electron chi connectivity index (χ0n) is 12.7. The predicted octanol–water partition coefficient (Wildman–Crippen LogP) is 0.763. The Morgan fingerprint density at radius 1 is 1.27 bits per heavy atom. The SMILES string of the molecule is CC(C)(C)C(=O)NCC(=O)Nc1cccc(-n2cnnn2)c1. The summed E-state index contributed by atoms with van der Waals surface area (Å²) in [5.74, 6) is -0.475. The number of aromatic nitrogens is 4. The number of anilines is 1. The van der Waals surface area contributed by atoms with Crippen molar-refractivity contribution >= 4 is 17.5 Å². The van der Waals surface area contributed by atoms with Gasteiger partial charge >= 0.3 is 0 Å². The van der Waals surface area contributed by atoms with Crippen LogP contribution in [0.2, 0.25) is 0 Å². The number of rotatable bonds is 4. The van der Waals surface area contributed by atoms with E-state index in [0.717, 1.165) is 5.69 Å². The number of amides is 2. The van der Waals surface area contributed by atoms with Crippen LogP contribution in [0.1, 0.15) is 20.8 Å². The van der Waals surface area contributed by atoms with E-state index < -0.39 is 5.41 Å². The van der Waals surface area contributed by atoms with Gasteiger partial charge in [0.15, 0.2) is 0 Å². The van der Waals surface area contributed by atoms with Gasteiger partial charge in [-0.25, -0.2) is 4.68 Å². The van der Waals surface area contributed by atoms with Gasteiger partial charge in [-0.3, -0.25) is 9.59 Å². The third kappa shape index (κ3) is 4.11. The van der Waals surface area contributed by atoms with E-state index in [4.69, 9.17) is 0 Å². The number of carbonyl (C=O) groups is 2. The van der Waals surface area contributed by atoms with Gasteiger partial charge in [-0.1, -0.05) is 26.8 Å². The van der Waals surface area contributed by atoms with Gasteiger partial charge in [0, 0.05) is 11.1 Å². The zero-order chi connectivity index (χ0) is 16.2. The molecule has 0 bridgehead atoms. The summed E-state index contributed by atoms with van der Waals surface area (Å²) in [6.45, 7) is 5.28. The summed E-state index contributed by atoms with van der Waals surface area (Å²) in [6.07, 6.45) is 1.46. The van der Waals surface area contributed by atoms with Crippen LogP contribution < -0.4 is 10.6 Å². The van der Waals surface area contributed by atoms with E-state index in [1.807, 2.05) is 6.07 Å². The van der Waals surface area contributed by atoms with Crippen molar-refractivity contribution in [3.8, 4) is 5.69 Å². The van der Waals surface area contributed by atoms with Crippen molar-refractivity contribution in [1.29, 1.82) is 0 Å². The van der Waals surface area contributed by atoms with Crippen molar-refractivity contribution in [2.45, 2.75) is 20.8 Å². The van der Waals surface area contributed by atoms with Crippen molar-refractivity contribution in [3.05, 3.63) is 30.6 Å². The van der Waals surface area contributed by atoms with Crippen LogP contribution in [0.4, 0.5) is 5.69 Å². The van der Waals surface area contributed by atoms with Crippen molar-refractivity contribution in [3.63, 3.8) is 0 Å². The predicted molar refractivity (Wildman–Crippen MR) is 80.2 cm³/mol. The zero-order valence-corrected chi connectivity index (χ0v) is 12.7. The first-order valence-corrected chi connectivity index (χ1v) is 6.78. The standard InChI is InChI=1S/C14H18N6O2/c1-14(2,3)13(22)15-8-12(21)17-10-5-4-6-11(7-10)20-9-16-18-19-20/h4-7,9H,8H2,1-3H3,(H,15,22)(H,17,21). The molecule has 22 heavy (non-hydrogen) atoms. The van der Waals surface area contributed by atoms with Gasteiger partial charge in [-0.05, 0) is 28.6 Å². The molecule has 8 heteroatoms. The molecule has 0 unspecified atom stereocenters. The van der Waals surface area contributed by atoms with Crippen LogP contribution in [0.5, 0.6) is 0 Å². The molecule has 0 aliphatic carbocycles. The van der Waals surface area contributed by atoms with Gasteiger partial charge in [0.1, 0.15) is 6.33 Å². The summed E-state index contributed by atoms with van der Waals surface area (Å²) < 4.78 is 1.48. The molecule has 0 aliphatic heterocycles. The summed E-state index contributed by atoms with van der Waals surface area (Å²) >= 11 is 0. The van der Waals surface area contributed by atoms with Crippen LogP contribution in [-0.2, 0) is 9.59 Å². The third-order valence-electron chi connectivity index (χ3n) is 2.83. The number of hydrogen-bond acceptors (Lipinski definition) is 5. The molecule has 0 atom stereocenters.